The zero-order valence-electron chi connectivity index (χ0n) is 11.0. The van der Waals surface area contributed by atoms with Gasteiger partial charge in [0.25, 0.3) is 0 Å². The molecule has 0 radical (unpaired) electrons. The van der Waals surface area contributed by atoms with Crippen LogP contribution in [-0.2, 0) is 16.0 Å². The maximum Gasteiger partial charge on any atom is 0.315 e. The Hall–Kier alpha value is -1.00. The number of carbonyl (C=O) groups excluding carboxylic acids is 1. The number of hydrogen-bond acceptors (Lipinski definition) is 4. The molecule has 0 amide bonds. The van der Waals surface area contributed by atoms with E-state index >= 15 is 0 Å². The first kappa shape index (κ1) is 15.1. The summed E-state index contributed by atoms with van der Waals surface area (Å²) in [5.74, 6) is 0.926. The number of carbonyl (C=O) groups is 1. The van der Waals surface area contributed by atoms with Crippen LogP contribution < -0.4 is 5.73 Å². The van der Waals surface area contributed by atoms with Gasteiger partial charge in [0, 0.05) is 11.8 Å². The third-order valence-electron chi connectivity index (χ3n) is 2.64. The maximum atomic E-state index is 11.2. The third-order valence-corrected chi connectivity index (χ3v) is 3.67. The van der Waals surface area contributed by atoms with Crippen LogP contribution >= 0.6 is 11.8 Å². The SMILES string of the molecule is CCOC(=O)CSCC(N)c1ccc(CC)cc1. The van der Waals surface area contributed by atoms with E-state index in [0.29, 0.717) is 12.4 Å². The minimum atomic E-state index is -0.170. The second-order valence-electron chi connectivity index (χ2n) is 4.02. The molecule has 0 aliphatic rings. The van der Waals surface area contributed by atoms with Gasteiger partial charge < -0.3 is 10.5 Å². The van der Waals surface area contributed by atoms with Crippen LogP contribution in [-0.4, -0.2) is 24.1 Å². The number of ether oxygens (including phenoxy) is 1. The lowest BCUT2D eigenvalue weighted by Gasteiger charge is -2.12. The van der Waals surface area contributed by atoms with Crippen molar-refractivity contribution in [2.45, 2.75) is 26.3 Å². The summed E-state index contributed by atoms with van der Waals surface area (Å²) in [7, 11) is 0. The van der Waals surface area contributed by atoms with Crippen molar-refractivity contribution in [1.29, 1.82) is 0 Å². The molecule has 3 nitrogen and oxygen atoms in total. The summed E-state index contributed by atoms with van der Waals surface area (Å²) in [6.45, 7) is 4.37. The molecular weight excluding hydrogens is 246 g/mol. The molecule has 18 heavy (non-hydrogen) atoms. The van der Waals surface area contributed by atoms with Gasteiger partial charge in [0.15, 0.2) is 0 Å². The Labute approximate surface area is 113 Å². The van der Waals surface area contributed by atoms with E-state index in [-0.39, 0.29) is 12.0 Å². The van der Waals surface area contributed by atoms with Gasteiger partial charge in [-0.2, -0.15) is 0 Å². The number of rotatable bonds is 7. The van der Waals surface area contributed by atoms with Crippen LogP contribution in [0.2, 0.25) is 0 Å². The summed E-state index contributed by atoms with van der Waals surface area (Å²) in [4.78, 5) is 11.2. The first-order valence-corrected chi connectivity index (χ1v) is 7.40. The Balaban J connectivity index is 2.35. The summed E-state index contributed by atoms with van der Waals surface area (Å²) >= 11 is 1.51. The minimum Gasteiger partial charge on any atom is -0.465 e. The van der Waals surface area contributed by atoms with Crippen molar-refractivity contribution in [3.05, 3.63) is 35.4 Å². The van der Waals surface area contributed by atoms with E-state index in [9.17, 15) is 4.79 Å². The zero-order valence-corrected chi connectivity index (χ0v) is 11.8. The van der Waals surface area contributed by atoms with Gasteiger partial charge in [-0.15, -0.1) is 11.8 Å². The van der Waals surface area contributed by atoms with Crippen LogP contribution in [0.3, 0.4) is 0 Å². The lowest BCUT2D eigenvalue weighted by atomic mass is 10.1. The number of thioether (sulfide) groups is 1. The van der Waals surface area contributed by atoms with E-state index in [1.54, 1.807) is 0 Å². The predicted octanol–water partition coefficient (Wildman–Crippen LogP) is 2.55. The molecule has 2 N–H and O–H groups in total. The largest absolute Gasteiger partial charge is 0.465 e. The highest BCUT2D eigenvalue weighted by atomic mass is 32.2. The average Bonchev–Trinajstić information content (AvgIpc) is 2.39. The number of hydrogen-bond donors (Lipinski definition) is 1. The van der Waals surface area contributed by atoms with Crippen molar-refractivity contribution >= 4 is 17.7 Å². The highest BCUT2D eigenvalue weighted by Gasteiger charge is 2.08. The molecule has 0 fully saturated rings. The lowest BCUT2D eigenvalue weighted by molar-refractivity contribution is -0.139. The van der Waals surface area contributed by atoms with Crippen LogP contribution in [0.15, 0.2) is 24.3 Å². The Morgan fingerprint density at radius 2 is 2.00 bits per heavy atom. The Bertz CT molecular complexity index is 365. The van der Waals surface area contributed by atoms with Crippen LogP contribution in [0.5, 0.6) is 0 Å². The van der Waals surface area contributed by atoms with E-state index in [2.05, 4.69) is 31.2 Å². The topological polar surface area (TPSA) is 52.3 Å². The predicted molar refractivity (Wildman–Crippen MR) is 76.7 cm³/mol. The third kappa shape index (κ3) is 5.10. The van der Waals surface area contributed by atoms with E-state index < -0.39 is 0 Å². The van der Waals surface area contributed by atoms with E-state index in [1.165, 1.54) is 17.3 Å². The second kappa shape index (κ2) is 8.16. The summed E-state index contributed by atoms with van der Waals surface area (Å²) in [5, 5.41) is 0. The molecule has 0 aliphatic carbocycles. The lowest BCUT2D eigenvalue weighted by Crippen LogP contribution is -2.15. The molecule has 0 saturated heterocycles. The highest BCUT2D eigenvalue weighted by molar-refractivity contribution is 7.99. The molecule has 0 saturated carbocycles. The van der Waals surface area contributed by atoms with Crippen LogP contribution in [0, 0.1) is 0 Å². The molecule has 1 aromatic rings. The number of esters is 1. The van der Waals surface area contributed by atoms with Crippen LogP contribution in [0.1, 0.15) is 31.0 Å². The molecule has 100 valence electrons. The van der Waals surface area contributed by atoms with Gasteiger partial charge in [-0.05, 0) is 24.5 Å². The second-order valence-corrected chi connectivity index (χ2v) is 5.05. The quantitative estimate of drug-likeness (QED) is 0.771. The molecule has 1 unspecified atom stereocenters. The molecule has 1 atom stereocenters. The van der Waals surface area contributed by atoms with Gasteiger partial charge in [-0.25, -0.2) is 0 Å². The zero-order chi connectivity index (χ0) is 13.4. The maximum absolute atomic E-state index is 11.2. The first-order valence-electron chi connectivity index (χ1n) is 6.25. The van der Waals surface area contributed by atoms with Crippen molar-refractivity contribution < 1.29 is 9.53 Å². The van der Waals surface area contributed by atoms with Crippen molar-refractivity contribution in [2.24, 2.45) is 5.73 Å². The van der Waals surface area contributed by atoms with Crippen molar-refractivity contribution in [2.75, 3.05) is 18.1 Å². The summed E-state index contributed by atoms with van der Waals surface area (Å²) in [5.41, 5.74) is 8.50. The fourth-order valence-corrected chi connectivity index (χ4v) is 2.38. The number of nitrogens with two attached hydrogens (primary N) is 1. The van der Waals surface area contributed by atoms with Crippen LogP contribution in [0.25, 0.3) is 0 Å². The van der Waals surface area contributed by atoms with Crippen LogP contribution in [0.4, 0.5) is 0 Å². The molecule has 1 rings (SSSR count). The summed E-state index contributed by atoms with van der Waals surface area (Å²) in [6.07, 6.45) is 1.03. The van der Waals surface area contributed by atoms with E-state index in [0.717, 1.165) is 17.7 Å². The average molecular weight is 267 g/mol. The van der Waals surface area contributed by atoms with E-state index in [1.807, 2.05) is 6.92 Å². The monoisotopic (exact) mass is 267 g/mol. The van der Waals surface area contributed by atoms with Gasteiger partial charge in [-0.3, -0.25) is 4.79 Å². The van der Waals surface area contributed by atoms with Crippen molar-refractivity contribution in [1.82, 2.24) is 0 Å². The molecule has 1 aromatic carbocycles. The molecule has 0 bridgehead atoms. The fraction of sp³-hybridized carbons (Fsp3) is 0.500. The first-order chi connectivity index (χ1) is 8.67. The molecule has 0 spiro atoms. The molecule has 0 aromatic heterocycles. The smallest absolute Gasteiger partial charge is 0.315 e. The summed E-state index contributed by atoms with van der Waals surface area (Å²) < 4.78 is 4.86. The Kier molecular flexibility index (Phi) is 6.83. The van der Waals surface area contributed by atoms with Crippen molar-refractivity contribution in [3.63, 3.8) is 0 Å². The number of benzene rings is 1. The van der Waals surface area contributed by atoms with Crippen molar-refractivity contribution in [3.8, 4) is 0 Å². The fourth-order valence-electron chi connectivity index (χ4n) is 1.57. The summed E-state index contributed by atoms with van der Waals surface area (Å²) in [6, 6.07) is 8.30. The Morgan fingerprint density at radius 1 is 1.33 bits per heavy atom. The van der Waals surface area contributed by atoms with Gasteiger partial charge in [0.1, 0.15) is 0 Å². The highest BCUT2D eigenvalue weighted by Crippen LogP contribution is 2.17. The standard InChI is InChI=1S/C14H21NO2S/c1-3-11-5-7-12(8-6-11)13(15)9-18-10-14(16)17-4-2/h5-8,13H,3-4,9-10,15H2,1-2H3. The van der Waals surface area contributed by atoms with Gasteiger partial charge in [-0.1, -0.05) is 31.2 Å². The Morgan fingerprint density at radius 3 is 2.56 bits per heavy atom. The normalized spacial score (nSPS) is 12.2. The minimum absolute atomic E-state index is 0.0321. The molecule has 0 aliphatic heterocycles. The van der Waals surface area contributed by atoms with Gasteiger partial charge >= 0.3 is 5.97 Å². The molecule has 0 heterocycles. The van der Waals surface area contributed by atoms with Gasteiger partial charge in [0.05, 0.1) is 12.4 Å². The number of aryl methyl sites for hydroxylation is 1. The van der Waals surface area contributed by atoms with Gasteiger partial charge in [0.2, 0.25) is 0 Å². The molecule has 4 heteroatoms. The van der Waals surface area contributed by atoms with E-state index in [4.69, 9.17) is 10.5 Å². The molecular formula is C14H21NO2S.